The molecule has 174 valence electrons. The number of rotatable bonds is 6. The molecule has 0 bridgehead atoms. The maximum Gasteiger partial charge on any atom is 0.260 e. The summed E-state index contributed by atoms with van der Waals surface area (Å²) in [6, 6.07) is 4.57. The highest BCUT2D eigenvalue weighted by molar-refractivity contribution is 6.42. The number of piperidine rings is 1. The lowest BCUT2D eigenvalue weighted by molar-refractivity contribution is -0.146. The van der Waals surface area contributed by atoms with Crippen molar-refractivity contribution in [3.05, 3.63) is 45.1 Å². The van der Waals surface area contributed by atoms with Crippen LogP contribution in [0.15, 0.2) is 18.2 Å². The second-order valence-corrected chi connectivity index (χ2v) is 9.45. The standard InChI is InChI=1S/C22H28Cl2FN5O2/c1-13(2)18-15(12-30(4)21(32)22(25)7-9-29(3)10-8-22)19(28-27-18)26-20(31)14-5-6-16(23)17(24)11-14/h5-6,11,13H,7-10,12H2,1-4H3,(H2,26,27,28,31). The van der Waals surface area contributed by atoms with Crippen molar-refractivity contribution in [1.29, 1.82) is 0 Å². The molecule has 1 aliphatic rings. The first-order chi connectivity index (χ1) is 15.0. The normalized spacial score (nSPS) is 16.2. The number of nitrogens with zero attached hydrogens (tertiary/aromatic N) is 3. The van der Waals surface area contributed by atoms with Gasteiger partial charge in [-0.2, -0.15) is 5.10 Å². The van der Waals surface area contributed by atoms with E-state index in [1.54, 1.807) is 19.2 Å². The number of hydrogen-bond donors (Lipinski definition) is 2. The second-order valence-electron chi connectivity index (χ2n) is 8.63. The van der Waals surface area contributed by atoms with Crippen molar-refractivity contribution in [3.63, 3.8) is 0 Å². The summed E-state index contributed by atoms with van der Waals surface area (Å²) in [7, 11) is 3.49. The van der Waals surface area contributed by atoms with E-state index in [0.29, 0.717) is 35.1 Å². The summed E-state index contributed by atoms with van der Waals surface area (Å²) in [5, 5.41) is 10.6. The average molecular weight is 484 g/mol. The molecule has 1 aliphatic heterocycles. The number of likely N-dealkylation sites (tertiary alicyclic amines) is 1. The Bertz CT molecular complexity index is 1000. The Morgan fingerprint density at radius 3 is 2.53 bits per heavy atom. The predicted octanol–water partition coefficient (Wildman–Crippen LogP) is 4.48. The summed E-state index contributed by atoms with van der Waals surface area (Å²) in [5.41, 5.74) is -0.156. The maximum absolute atomic E-state index is 15.3. The number of carbonyl (C=O) groups is 2. The van der Waals surface area contributed by atoms with E-state index in [1.165, 1.54) is 11.0 Å². The van der Waals surface area contributed by atoms with Gasteiger partial charge in [0.25, 0.3) is 11.8 Å². The summed E-state index contributed by atoms with van der Waals surface area (Å²) >= 11 is 11.9. The van der Waals surface area contributed by atoms with Crippen LogP contribution in [0.25, 0.3) is 0 Å². The average Bonchev–Trinajstić information content (AvgIpc) is 3.14. The molecule has 10 heteroatoms. The van der Waals surface area contributed by atoms with Crippen LogP contribution in [-0.4, -0.2) is 64.7 Å². The van der Waals surface area contributed by atoms with E-state index in [9.17, 15) is 9.59 Å². The monoisotopic (exact) mass is 483 g/mol. The summed E-state index contributed by atoms with van der Waals surface area (Å²) in [4.78, 5) is 29.1. The Morgan fingerprint density at radius 1 is 1.28 bits per heavy atom. The molecular formula is C22H28Cl2FN5O2. The highest BCUT2D eigenvalue weighted by Crippen LogP contribution is 2.31. The minimum Gasteiger partial charge on any atom is -0.338 e. The van der Waals surface area contributed by atoms with Gasteiger partial charge in [-0.3, -0.25) is 14.7 Å². The van der Waals surface area contributed by atoms with E-state index in [4.69, 9.17) is 23.2 Å². The van der Waals surface area contributed by atoms with Crippen molar-refractivity contribution < 1.29 is 14.0 Å². The zero-order chi connectivity index (χ0) is 23.6. The number of nitrogens with one attached hydrogen (secondary N) is 2. The van der Waals surface area contributed by atoms with E-state index in [1.807, 2.05) is 25.8 Å². The molecule has 7 nitrogen and oxygen atoms in total. The number of amides is 2. The molecule has 0 saturated carbocycles. The van der Waals surface area contributed by atoms with Gasteiger partial charge < -0.3 is 15.1 Å². The molecule has 3 rings (SSSR count). The van der Waals surface area contributed by atoms with Gasteiger partial charge in [-0.25, -0.2) is 4.39 Å². The molecule has 2 aromatic rings. The molecule has 1 saturated heterocycles. The molecule has 32 heavy (non-hydrogen) atoms. The van der Waals surface area contributed by atoms with Crippen LogP contribution in [0, 0.1) is 0 Å². The van der Waals surface area contributed by atoms with Crippen LogP contribution < -0.4 is 5.32 Å². The highest BCUT2D eigenvalue weighted by Gasteiger charge is 2.43. The Kier molecular flexibility index (Phi) is 7.47. The van der Waals surface area contributed by atoms with Crippen molar-refractivity contribution in [1.82, 2.24) is 20.0 Å². The van der Waals surface area contributed by atoms with Crippen molar-refractivity contribution in [3.8, 4) is 0 Å². The fourth-order valence-electron chi connectivity index (χ4n) is 3.77. The number of carbonyl (C=O) groups excluding carboxylic acids is 2. The smallest absolute Gasteiger partial charge is 0.260 e. The highest BCUT2D eigenvalue weighted by atomic mass is 35.5. The van der Waals surface area contributed by atoms with Crippen LogP contribution in [-0.2, 0) is 11.3 Å². The zero-order valence-electron chi connectivity index (χ0n) is 18.6. The lowest BCUT2D eigenvalue weighted by Gasteiger charge is -2.35. The number of benzene rings is 1. The number of aromatic amines is 1. The molecule has 1 aromatic carbocycles. The van der Waals surface area contributed by atoms with Crippen molar-refractivity contribution >= 4 is 40.8 Å². The van der Waals surface area contributed by atoms with E-state index < -0.39 is 17.5 Å². The number of hydrogen-bond acceptors (Lipinski definition) is 4. The molecule has 2 N–H and O–H groups in total. The predicted molar refractivity (Wildman–Crippen MR) is 124 cm³/mol. The topological polar surface area (TPSA) is 81.3 Å². The summed E-state index contributed by atoms with van der Waals surface area (Å²) in [6.45, 7) is 5.11. The van der Waals surface area contributed by atoms with Gasteiger partial charge in [0.15, 0.2) is 11.5 Å². The van der Waals surface area contributed by atoms with Gasteiger partial charge in [-0.1, -0.05) is 37.0 Å². The number of H-pyrrole nitrogens is 1. The third-order valence-electron chi connectivity index (χ3n) is 5.80. The van der Waals surface area contributed by atoms with Crippen LogP contribution in [0.1, 0.15) is 54.2 Å². The zero-order valence-corrected chi connectivity index (χ0v) is 20.1. The van der Waals surface area contributed by atoms with Crippen LogP contribution >= 0.6 is 23.2 Å². The largest absolute Gasteiger partial charge is 0.338 e. The minimum absolute atomic E-state index is 0.0549. The van der Waals surface area contributed by atoms with E-state index in [-0.39, 0.29) is 30.3 Å². The van der Waals surface area contributed by atoms with Gasteiger partial charge in [-0.05, 0) is 31.2 Å². The minimum atomic E-state index is -1.88. The van der Waals surface area contributed by atoms with Gasteiger partial charge >= 0.3 is 0 Å². The third kappa shape index (κ3) is 5.24. The fraction of sp³-hybridized carbons (Fsp3) is 0.500. The number of anilines is 1. The lowest BCUT2D eigenvalue weighted by Crippen LogP contribution is -2.50. The molecular weight excluding hydrogens is 456 g/mol. The molecule has 1 aromatic heterocycles. The lowest BCUT2D eigenvalue weighted by atomic mass is 9.92. The molecule has 1 fully saturated rings. The molecule has 0 aliphatic carbocycles. The van der Waals surface area contributed by atoms with Crippen LogP contribution in [0.3, 0.4) is 0 Å². The van der Waals surface area contributed by atoms with Crippen molar-refractivity contribution in [2.45, 2.75) is 44.8 Å². The Hall–Kier alpha value is -2.16. The van der Waals surface area contributed by atoms with Crippen molar-refractivity contribution in [2.75, 3.05) is 32.5 Å². The second kappa shape index (κ2) is 9.77. The Labute approximate surface area is 197 Å². The van der Waals surface area contributed by atoms with E-state index in [0.717, 1.165) is 5.69 Å². The van der Waals surface area contributed by atoms with Gasteiger partial charge in [0.05, 0.1) is 16.6 Å². The molecule has 0 radical (unpaired) electrons. The molecule has 2 amide bonds. The van der Waals surface area contributed by atoms with Crippen molar-refractivity contribution in [2.24, 2.45) is 0 Å². The van der Waals surface area contributed by atoms with Gasteiger partial charge in [-0.15, -0.1) is 0 Å². The molecule has 0 spiro atoms. The third-order valence-corrected chi connectivity index (χ3v) is 6.53. The first-order valence-corrected chi connectivity index (χ1v) is 11.2. The first-order valence-electron chi connectivity index (χ1n) is 10.5. The quantitative estimate of drug-likeness (QED) is 0.634. The maximum atomic E-state index is 15.3. The Morgan fingerprint density at radius 2 is 1.94 bits per heavy atom. The molecule has 0 atom stereocenters. The van der Waals surface area contributed by atoms with Gasteiger partial charge in [0.1, 0.15) is 0 Å². The number of halogens is 3. The summed E-state index contributed by atoms with van der Waals surface area (Å²) < 4.78 is 15.3. The van der Waals surface area contributed by atoms with E-state index >= 15 is 4.39 Å². The first kappa shape index (κ1) is 24.5. The Balaban J connectivity index is 1.81. The number of aromatic nitrogens is 2. The SMILES string of the molecule is CC(C)c1[nH]nc(NC(=O)c2ccc(Cl)c(Cl)c2)c1CN(C)C(=O)C1(F)CCN(C)CC1. The summed E-state index contributed by atoms with van der Waals surface area (Å²) in [6.07, 6.45) is 0.325. The van der Waals surface area contributed by atoms with Crippen LogP contribution in [0.5, 0.6) is 0 Å². The van der Waals surface area contributed by atoms with Crippen LogP contribution in [0.4, 0.5) is 10.2 Å². The molecule has 2 heterocycles. The number of alkyl halides is 1. The van der Waals surface area contributed by atoms with E-state index in [2.05, 4.69) is 15.5 Å². The molecule has 0 unspecified atom stereocenters. The fourth-order valence-corrected chi connectivity index (χ4v) is 4.07. The summed E-state index contributed by atoms with van der Waals surface area (Å²) in [5.74, 6) is -0.624. The van der Waals surface area contributed by atoms with Gasteiger partial charge in [0.2, 0.25) is 0 Å². The van der Waals surface area contributed by atoms with Crippen LogP contribution in [0.2, 0.25) is 10.0 Å². The van der Waals surface area contributed by atoms with Gasteiger partial charge in [0, 0.05) is 49.8 Å².